The average molecular weight is 412 g/mol. The van der Waals surface area contributed by atoms with Gasteiger partial charge in [-0.05, 0) is 68.2 Å². The lowest BCUT2D eigenvalue weighted by atomic mass is 10.0. The van der Waals surface area contributed by atoms with Crippen LogP contribution < -0.4 is 0 Å². The lowest BCUT2D eigenvalue weighted by Gasteiger charge is -2.32. The van der Waals surface area contributed by atoms with Crippen LogP contribution in [0.15, 0.2) is 42.6 Å². The van der Waals surface area contributed by atoms with Gasteiger partial charge >= 0.3 is 0 Å². The van der Waals surface area contributed by atoms with Gasteiger partial charge in [0.15, 0.2) is 5.88 Å². The number of fused-ring (bicyclic) bond motifs is 1. The van der Waals surface area contributed by atoms with Crippen LogP contribution in [0, 0.1) is 6.92 Å². The van der Waals surface area contributed by atoms with Crippen molar-refractivity contribution in [1.82, 2.24) is 14.4 Å². The van der Waals surface area contributed by atoms with Crippen LogP contribution in [-0.2, 0) is 13.0 Å². The minimum Gasteiger partial charge on any atom is -0.494 e. The van der Waals surface area contributed by atoms with E-state index in [1.54, 1.807) is 0 Å². The second-order valence-electron chi connectivity index (χ2n) is 8.33. The first-order valence-corrected chi connectivity index (χ1v) is 10.8. The van der Waals surface area contributed by atoms with Crippen molar-refractivity contribution in [2.24, 2.45) is 0 Å². The third-order valence-electron chi connectivity index (χ3n) is 6.02. The van der Waals surface area contributed by atoms with Crippen LogP contribution in [-0.4, -0.2) is 59.2 Å². The summed E-state index contributed by atoms with van der Waals surface area (Å²) in [6.45, 7) is 8.59. The summed E-state index contributed by atoms with van der Waals surface area (Å²) in [7, 11) is 2.20. The van der Waals surface area contributed by atoms with Crippen LogP contribution in [0.3, 0.4) is 0 Å². The summed E-state index contributed by atoms with van der Waals surface area (Å²) in [4.78, 5) is 4.97. The highest BCUT2D eigenvalue weighted by Gasteiger charge is 2.14. The van der Waals surface area contributed by atoms with Gasteiger partial charge in [0.2, 0.25) is 0 Å². The van der Waals surface area contributed by atoms with Crippen molar-refractivity contribution >= 4 is 22.4 Å². The molecule has 1 aliphatic heterocycles. The zero-order chi connectivity index (χ0) is 20.4. The van der Waals surface area contributed by atoms with Crippen LogP contribution in [0.4, 0.5) is 0 Å². The largest absolute Gasteiger partial charge is 0.494 e. The lowest BCUT2D eigenvalue weighted by Crippen LogP contribution is -2.44. The van der Waals surface area contributed by atoms with E-state index in [4.69, 9.17) is 11.6 Å². The number of nitrogens with zero attached hydrogens (tertiary/aromatic N) is 3. The Hall–Kier alpha value is -2.01. The van der Waals surface area contributed by atoms with Gasteiger partial charge in [-0.2, -0.15) is 0 Å². The molecule has 0 aliphatic carbocycles. The van der Waals surface area contributed by atoms with Crippen molar-refractivity contribution in [3.05, 3.63) is 64.3 Å². The molecule has 4 rings (SSSR count). The van der Waals surface area contributed by atoms with E-state index in [0.29, 0.717) is 12.4 Å². The molecule has 0 amide bonds. The molecule has 2 aromatic carbocycles. The Balaban J connectivity index is 1.45. The maximum absolute atomic E-state index is 10.8. The molecule has 0 radical (unpaired) electrons. The van der Waals surface area contributed by atoms with Crippen molar-refractivity contribution in [2.75, 3.05) is 39.8 Å². The number of rotatable bonds is 6. The van der Waals surface area contributed by atoms with E-state index in [1.807, 2.05) is 28.8 Å². The van der Waals surface area contributed by atoms with Gasteiger partial charge in [-0.25, -0.2) is 0 Å². The predicted molar refractivity (Wildman–Crippen MR) is 121 cm³/mol. The second kappa shape index (κ2) is 8.78. The molecule has 1 saturated heterocycles. The molecule has 0 atom stereocenters. The van der Waals surface area contributed by atoms with Gasteiger partial charge in [0, 0.05) is 48.2 Å². The molecule has 1 aromatic heterocycles. The van der Waals surface area contributed by atoms with Crippen molar-refractivity contribution in [2.45, 2.75) is 26.3 Å². The molecule has 1 aliphatic rings. The third kappa shape index (κ3) is 4.77. The van der Waals surface area contributed by atoms with Crippen molar-refractivity contribution in [1.29, 1.82) is 0 Å². The highest BCUT2D eigenvalue weighted by molar-refractivity contribution is 6.30. The number of aryl methyl sites for hydroxylation is 2. The van der Waals surface area contributed by atoms with E-state index in [-0.39, 0.29) is 0 Å². The fourth-order valence-corrected chi connectivity index (χ4v) is 4.43. The molecule has 0 spiro atoms. The molecule has 0 unspecified atom stereocenters. The van der Waals surface area contributed by atoms with Gasteiger partial charge in [0.05, 0.1) is 6.54 Å². The quantitative estimate of drug-likeness (QED) is 0.646. The molecule has 4 nitrogen and oxygen atoms in total. The van der Waals surface area contributed by atoms with E-state index in [9.17, 15) is 5.11 Å². The molecule has 3 aromatic rings. The Morgan fingerprint density at radius 1 is 1.00 bits per heavy atom. The number of hydrogen-bond acceptors (Lipinski definition) is 3. The number of aromatic nitrogens is 1. The molecule has 0 bridgehead atoms. The first-order chi connectivity index (χ1) is 14.0. The predicted octanol–water partition coefficient (Wildman–Crippen LogP) is 4.54. The van der Waals surface area contributed by atoms with E-state index >= 15 is 0 Å². The van der Waals surface area contributed by atoms with E-state index < -0.39 is 0 Å². The highest BCUT2D eigenvalue weighted by Crippen LogP contribution is 2.32. The second-order valence-corrected chi connectivity index (χ2v) is 8.77. The topological polar surface area (TPSA) is 31.6 Å². The van der Waals surface area contributed by atoms with Crippen LogP contribution >= 0.6 is 11.6 Å². The SMILES string of the molecule is Cc1cc(CCCN2CCN(C)CC2)cc2cn(Cc3ccc(Cl)cc3)c(O)c12. The molecule has 29 heavy (non-hydrogen) atoms. The number of likely N-dealkylation sites (N-methyl/N-ethyl adjacent to an activating group) is 1. The third-order valence-corrected chi connectivity index (χ3v) is 6.27. The standard InChI is InChI=1S/C24H30ClN3O/c1-18-14-20(4-3-9-27-12-10-26(2)11-13-27)15-21-17-28(24(29)23(18)21)16-19-5-7-22(25)8-6-19/h5-8,14-15,17,29H,3-4,9-13,16H2,1-2H3. The minimum absolute atomic E-state index is 0.344. The Kier molecular flexibility index (Phi) is 6.14. The number of benzene rings is 2. The number of piperazine rings is 1. The van der Waals surface area contributed by atoms with Crippen molar-refractivity contribution < 1.29 is 5.11 Å². The van der Waals surface area contributed by atoms with Crippen LogP contribution in [0.1, 0.15) is 23.1 Å². The number of hydrogen-bond donors (Lipinski definition) is 1. The van der Waals surface area contributed by atoms with Gasteiger partial charge in [-0.3, -0.25) is 0 Å². The molecule has 154 valence electrons. The first-order valence-electron chi connectivity index (χ1n) is 10.5. The van der Waals surface area contributed by atoms with E-state index in [2.05, 4.69) is 42.1 Å². The molecular formula is C24H30ClN3O. The maximum atomic E-state index is 10.8. The van der Waals surface area contributed by atoms with E-state index in [0.717, 1.165) is 39.9 Å². The smallest absolute Gasteiger partial charge is 0.199 e. The summed E-state index contributed by atoms with van der Waals surface area (Å²) in [5.41, 5.74) is 3.62. The summed E-state index contributed by atoms with van der Waals surface area (Å²) in [6.07, 6.45) is 4.31. The molecule has 1 fully saturated rings. The molecular weight excluding hydrogens is 382 g/mol. The Morgan fingerprint density at radius 3 is 2.45 bits per heavy atom. The first kappa shape index (κ1) is 20.3. The highest BCUT2D eigenvalue weighted by atomic mass is 35.5. The average Bonchev–Trinajstić information content (AvgIpc) is 3.01. The van der Waals surface area contributed by atoms with Gasteiger partial charge in [-0.1, -0.05) is 29.8 Å². The summed E-state index contributed by atoms with van der Waals surface area (Å²) < 4.78 is 1.93. The Morgan fingerprint density at radius 2 is 1.72 bits per heavy atom. The van der Waals surface area contributed by atoms with Crippen molar-refractivity contribution in [3.8, 4) is 5.88 Å². The zero-order valence-corrected chi connectivity index (χ0v) is 18.1. The van der Waals surface area contributed by atoms with Crippen LogP contribution in [0.25, 0.3) is 10.8 Å². The minimum atomic E-state index is 0.344. The van der Waals surface area contributed by atoms with Gasteiger partial charge in [0.1, 0.15) is 0 Å². The summed E-state index contributed by atoms with van der Waals surface area (Å²) in [5, 5.41) is 13.6. The molecule has 5 heteroatoms. The summed E-state index contributed by atoms with van der Waals surface area (Å²) >= 11 is 5.98. The van der Waals surface area contributed by atoms with Gasteiger partial charge in [0.25, 0.3) is 0 Å². The Labute approximate surface area is 178 Å². The van der Waals surface area contributed by atoms with E-state index in [1.165, 1.54) is 38.2 Å². The molecule has 2 heterocycles. The van der Waals surface area contributed by atoms with Crippen LogP contribution in [0.2, 0.25) is 5.02 Å². The summed E-state index contributed by atoms with van der Waals surface area (Å²) in [5.74, 6) is 0.344. The molecule has 0 saturated carbocycles. The lowest BCUT2D eigenvalue weighted by molar-refractivity contribution is 0.153. The normalized spacial score (nSPS) is 16.0. The number of aromatic hydroxyl groups is 1. The van der Waals surface area contributed by atoms with Crippen molar-refractivity contribution in [3.63, 3.8) is 0 Å². The number of halogens is 1. The van der Waals surface area contributed by atoms with Gasteiger partial charge < -0.3 is 19.5 Å². The Bertz CT molecular complexity index is 972. The fraction of sp³-hybridized carbons (Fsp3) is 0.417. The van der Waals surface area contributed by atoms with Gasteiger partial charge in [-0.15, -0.1) is 0 Å². The summed E-state index contributed by atoms with van der Waals surface area (Å²) in [6, 6.07) is 12.3. The zero-order valence-electron chi connectivity index (χ0n) is 17.4. The van der Waals surface area contributed by atoms with Crippen LogP contribution in [0.5, 0.6) is 5.88 Å². The fourth-order valence-electron chi connectivity index (χ4n) is 4.30. The monoisotopic (exact) mass is 411 g/mol. The molecule has 1 N–H and O–H groups in total. The maximum Gasteiger partial charge on any atom is 0.199 e.